The molecular weight excluding hydrogens is 616 g/mol. The number of fused-ring (bicyclic) bond motifs is 3. The van der Waals surface area contributed by atoms with Crippen LogP contribution in [0.4, 0.5) is 32.2 Å². The predicted octanol–water partition coefficient (Wildman–Crippen LogP) is 5.07. The molecule has 1 unspecified atom stereocenters. The maximum Gasteiger partial charge on any atom is 0.417 e. The monoisotopic (exact) mass is 647 g/mol. The molecule has 244 valence electrons. The molecule has 0 aliphatic carbocycles. The summed E-state index contributed by atoms with van der Waals surface area (Å²) in [5, 5.41) is 8.25. The van der Waals surface area contributed by atoms with Gasteiger partial charge in [-0.05, 0) is 59.1 Å². The minimum atomic E-state index is -4.60. The summed E-state index contributed by atoms with van der Waals surface area (Å²) in [6.07, 6.45) is -4.45. The van der Waals surface area contributed by atoms with Crippen molar-refractivity contribution in [3.05, 3.63) is 71.8 Å². The minimum Gasteiger partial charge on any atom is -0.349 e. The van der Waals surface area contributed by atoms with Crippen molar-refractivity contribution in [2.45, 2.75) is 57.4 Å². The van der Waals surface area contributed by atoms with Gasteiger partial charge < -0.3 is 4.90 Å². The van der Waals surface area contributed by atoms with Crippen molar-refractivity contribution in [1.29, 1.82) is 0 Å². The third-order valence-electron chi connectivity index (χ3n) is 8.52. The van der Waals surface area contributed by atoms with Crippen molar-refractivity contribution < 1.29 is 26.3 Å². The summed E-state index contributed by atoms with van der Waals surface area (Å²) < 4.78 is 83.9. The topological polar surface area (TPSA) is 96.4 Å². The molecule has 1 aliphatic heterocycles. The van der Waals surface area contributed by atoms with Gasteiger partial charge in [-0.25, -0.2) is 9.38 Å². The lowest BCUT2D eigenvalue weighted by Crippen LogP contribution is -2.58. The molecule has 0 N–H and O–H groups in total. The zero-order chi connectivity index (χ0) is 33.1. The molecule has 0 spiro atoms. The van der Waals surface area contributed by atoms with E-state index < -0.39 is 29.5 Å². The van der Waals surface area contributed by atoms with E-state index >= 15 is 0 Å². The molecule has 1 saturated heterocycles. The van der Waals surface area contributed by atoms with E-state index in [2.05, 4.69) is 25.1 Å². The van der Waals surface area contributed by atoms with Crippen LogP contribution in [-0.2, 0) is 12.4 Å². The number of hydrogen-bond donors (Lipinski definition) is 0. The first-order valence-corrected chi connectivity index (χ1v) is 14.5. The van der Waals surface area contributed by atoms with E-state index in [1.165, 1.54) is 12.1 Å². The van der Waals surface area contributed by atoms with Crippen LogP contribution in [-0.4, -0.2) is 88.2 Å². The Bertz CT molecular complexity index is 1770. The van der Waals surface area contributed by atoms with E-state index in [0.29, 0.717) is 30.2 Å². The molecule has 0 aromatic carbocycles. The summed E-state index contributed by atoms with van der Waals surface area (Å²) in [7, 11) is 3.91. The van der Waals surface area contributed by atoms with Gasteiger partial charge in [-0.15, -0.1) is 10.2 Å². The van der Waals surface area contributed by atoms with E-state index in [1.807, 2.05) is 49.2 Å². The maximum absolute atomic E-state index is 13.3. The number of piperazine rings is 1. The SMILES string of the molecule is CC(N(C)C)n1cnc2c(N3C[C@@H](C)N(C(c4ccc(C(F)(F)F)cn4)c4ccc(C(F)(F)F)cn4)C[C@@H]3C)nc3nncn3c21. The Morgan fingerprint density at radius 2 is 1.43 bits per heavy atom. The number of nitrogens with zero attached hydrogens (tertiary/aromatic N) is 11. The van der Waals surface area contributed by atoms with Crippen LogP contribution < -0.4 is 4.90 Å². The molecule has 6 heterocycles. The zero-order valence-electron chi connectivity index (χ0n) is 25.5. The molecule has 17 heteroatoms. The maximum atomic E-state index is 13.3. The predicted molar refractivity (Wildman–Crippen MR) is 156 cm³/mol. The summed E-state index contributed by atoms with van der Waals surface area (Å²) in [5.41, 5.74) is 0.00414. The Kier molecular flexibility index (Phi) is 7.87. The van der Waals surface area contributed by atoms with E-state index in [9.17, 15) is 26.3 Å². The molecular formula is C29H31F6N11. The lowest BCUT2D eigenvalue weighted by molar-refractivity contribution is -0.138. The Morgan fingerprint density at radius 1 is 0.826 bits per heavy atom. The van der Waals surface area contributed by atoms with Gasteiger partial charge in [0, 0.05) is 37.6 Å². The first kappa shape index (κ1) is 31.6. The number of anilines is 1. The fraction of sp³-hybridized carbons (Fsp3) is 0.448. The Labute approximate surface area is 259 Å². The summed E-state index contributed by atoms with van der Waals surface area (Å²) in [6.45, 7) is 6.69. The highest BCUT2D eigenvalue weighted by Gasteiger charge is 2.39. The summed E-state index contributed by atoms with van der Waals surface area (Å²) in [6, 6.07) is 3.02. The fourth-order valence-corrected chi connectivity index (χ4v) is 5.84. The lowest BCUT2D eigenvalue weighted by Gasteiger charge is -2.47. The van der Waals surface area contributed by atoms with Crippen molar-refractivity contribution in [3.8, 4) is 0 Å². The number of halogens is 6. The van der Waals surface area contributed by atoms with Gasteiger partial charge in [0.05, 0.1) is 41.0 Å². The van der Waals surface area contributed by atoms with Crippen molar-refractivity contribution >= 4 is 22.8 Å². The van der Waals surface area contributed by atoms with Gasteiger partial charge in [0.1, 0.15) is 11.8 Å². The van der Waals surface area contributed by atoms with Crippen LogP contribution >= 0.6 is 0 Å². The van der Waals surface area contributed by atoms with Crippen molar-refractivity contribution in [3.63, 3.8) is 0 Å². The van der Waals surface area contributed by atoms with E-state index in [1.54, 1.807) is 17.1 Å². The summed E-state index contributed by atoms with van der Waals surface area (Å²) in [5.74, 6) is 0.981. The van der Waals surface area contributed by atoms with Gasteiger partial charge in [0.15, 0.2) is 11.5 Å². The molecule has 6 rings (SSSR count). The minimum absolute atomic E-state index is 0.0488. The molecule has 1 fully saturated rings. The molecule has 5 aromatic heterocycles. The smallest absolute Gasteiger partial charge is 0.349 e. The van der Waals surface area contributed by atoms with Crippen LogP contribution in [0.25, 0.3) is 16.9 Å². The number of rotatable bonds is 6. The molecule has 5 aromatic rings. The molecule has 1 aliphatic rings. The molecule has 0 radical (unpaired) electrons. The van der Waals surface area contributed by atoms with E-state index in [0.717, 1.165) is 30.2 Å². The Morgan fingerprint density at radius 3 is 1.96 bits per heavy atom. The fourth-order valence-electron chi connectivity index (χ4n) is 5.84. The number of pyridine rings is 2. The normalized spacial score (nSPS) is 19.2. The Balaban J connectivity index is 1.39. The molecule has 46 heavy (non-hydrogen) atoms. The first-order valence-electron chi connectivity index (χ1n) is 14.5. The molecule has 0 amide bonds. The van der Waals surface area contributed by atoms with Crippen LogP contribution in [0.1, 0.15) is 55.5 Å². The first-order chi connectivity index (χ1) is 21.6. The van der Waals surface area contributed by atoms with Crippen LogP contribution in [0.3, 0.4) is 0 Å². The summed E-state index contributed by atoms with van der Waals surface area (Å²) >= 11 is 0. The highest BCUT2D eigenvalue weighted by molar-refractivity contribution is 5.86. The van der Waals surface area contributed by atoms with E-state index in [-0.39, 0.29) is 29.6 Å². The van der Waals surface area contributed by atoms with E-state index in [4.69, 9.17) is 9.97 Å². The quantitative estimate of drug-likeness (QED) is 0.234. The highest BCUT2D eigenvalue weighted by Crippen LogP contribution is 2.37. The number of aromatic nitrogens is 8. The average Bonchev–Trinajstić information content (AvgIpc) is 3.65. The van der Waals surface area contributed by atoms with Crippen LogP contribution in [0.5, 0.6) is 0 Å². The third kappa shape index (κ3) is 5.61. The zero-order valence-corrected chi connectivity index (χ0v) is 25.5. The highest BCUT2D eigenvalue weighted by atomic mass is 19.4. The third-order valence-corrected chi connectivity index (χ3v) is 8.52. The summed E-state index contributed by atoms with van der Waals surface area (Å²) in [4.78, 5) is 23.9. The van der Waals surface area contributed by atoms with Gasteiger partial charge >= 0.3 is 12.4 Å². The van der Waals surface area contributed by atoms with Crippen molar-refractivity contribution in [2.24, 2.45) is 0 Å². The second-order valence-electron chi connectivity index (χ2n) is 11.7. The standard InChI is InChI=1S/C29H31F6N11/c1-16-13-44(25-23-26(46-15-39-41-27(46)40-25)45(14-38-23)18(3)42(4)5)17(2)12-43(16)24(21-8-6-19(10-36-21)28(30,31)32)22-9-7-20(11-37-22)29(33,34)35/h6-11,14-18,24H,12-13H2,1-5H3/t16-,17+,18?/m1/s1. The molecule has 0 saturated carbocycles. The van der Waals surface area contributed by atoms with Gasteiger partial charge in [0.2, 0.25) is 0 Å². The van der Waals surface area contributed by atoms with Crippen molar-refractivity contribution in [1.82, 2.24) is 48.9 Å². The van der Waals surface area contributed by atoms with Gasteiger partial charge in [-0.2, -0.15) is 31.3 Å². The average molecular weight is 648 g/mol. The van der Waals surface area contributed by atoms with Gasteiger partial charge in [-0.1, -0.05) is 0 Å². The van der Waals surface area contributed by atoms with Gasteiger partial charge in [-0.3, -0.25) is 24.3 Å². The Hall–Kier alpha value is -4.38. The second kappa shape index (κ2) is 11.5. The second-order valence-corrected chi connectivity index (χ2v) is 11.7. The van der Waals surface area contributed by atoms with Gasteiger partial charge in [0.25, 0.3) is 5.78 Å². The number of alkyl halides is 6. The molecule has 0 bridgehead atoms. The largest absolute Gasteiger partial charge is 0.417 e. The van der Waals surface area contributed by atoms with Crippen LogP contribution in [0, 0.1) is 0 Å². The van der Waals surface area contributed by atoms with Crippen molar-refractivity contribution in [2.75, 3.05) is 32.1 Å². The van der Waals surface area contributed by atoms with Crippen LogP contribution in [0.15, 0.2) is 49.3 Å². The number of imidazole rings is 1. The number of hydrogen-bond acceptors (Lipinski definition) is 9. The molecule has 3 atom stereocenters. The molecule has 11 nitrogen and oxygen atoms in total. The van der Waals surface area contributed by atoms with Crippen LogP contribution in [0.2, 0.25) is 0 Å². The lowest BCUT2D eigenvalue weighted by atomic mass is 9.99.